The number of aromatic hydroxyl groups is 1. The smallest absolute Gasteiger partial charge is 0.337 e. The number of ether oxygens (including phenoxy) is 2. The van der Waals surface area contributed by atoms with E-state index in [1.807, 2.05) is 0 Å². The second kappa shape index (κ2) is 9.63. The third-order valence-corrected chi connectivity index (χ3v) is 5.79. The molecule has 3 aromatic rings. The maximum atomic E-state index is 13.3. The fourth-order valence-electron chi connectivity index (χ4n) is 3.97. The molecule has 1 saturated heterocycles. The van der Waals surface area contributed by atoms with Gasteiger partial charge in [-0.1, -0.05) is 24.3 Å². The first-order valence-corrected chi connectivity index (χ1v) is 10.8. The van der Waals surface area contributed by atoms with Crippen LogP contribution in [0.3, 0.4) is 0 Å². The number of nitrogens with one attached hydrogen (secondary N) is 3. The summed E-state index contributed by atoms with van der Waals surface area (Å²) in [6.07, 6.45) is 0. The molecule has 0 saturated carbocycles. The van der Waals surface area contributed by atoms with Gasteiger partial charge in [0, 0.05) is 16.6 Å². The SMILES string of the molecule is COC(=O)c1cc(NC(=O)c2cc(C3(O)C(=O)NC(=O)NC3=O)c3ccccc3c2O)cc(C(=O)OC)c1. The van der Waals surface area contributed by atoms with E-state index in [2.05, 4.69) is 14.8 Å². The zero-order valence-electron chi connectivity index (χ0n) is 19.8. The molecular weight excluding hydrogens is 502 g/mol. The quantitative estimate of drug-likeness (QED) is 0.238. The molecule has 13 heteroatoms. The molecule has 1 aliphatic rings. The predicted octanol–water partition coefficient (Wildman–Crippen LogP) is 0.925. The third kappa shape index (κ3) is 4.26. The fraction of sp³-hybridized carbons (Fsp3) is 0.120. The maximum Gasteiger partial charge on any atom is 0.337 e. The van der Waals surface area contributed by atoms with Gasteiger partial charge in [0.1, 0.15) is 5.75 Å². The van der Waals surface area contributed by atoms with E-state index < -0.39 is 58.2 Å². The Balaban J connectivity index is 1.85. The van der Waals surface area contributed by atoms with E-state index in [0.29, 0.717) is 0 Å². The highest BCUT2D eigenvalue weighted by Crippen LogP contribution is 2.38. The Morgan fingerprint density at radius 3 is 1.89 bits per heavy atom. The highest BCUT2D eigenvalue weighted by molar-refractivity contribution is 6.23. The first kappa shape index (κ1) is 25.8. The molecule has 0 bridgehead atoms. The molecule has 38 heavy (non-hydrogen) atoms. The number of hydrogen-bond donors (Lipinski definition) is 5. The van der Waals surface area contributed by atoms with Gasteiger partial charge in [0.05, 0.1) is 30.9 Å². The molecule has 1 aliphatic heterocycles. The topological polar surface area (TPSA) is 197 Å². The number of carbonyl (C=O) groups is 6. The minimum atomic E-state index is -2.93. The first-order chi connectivity index (χ1) is 18.0. The van der Waals surface area contributed by atoms with Crippen molar-refractivity contribution in [3.8, 4) is 5.75 Å². The van der Waals surface area contributed by atoms with Gasteiger partial charge in [-0.2, -0.15) is 0 Å². The third-order valence-electron chi connectivity index (χ3n) is 5.79. The van der Waals surface area contributed by atoms with Crippen molar-refractivity contribution in [2.24, 2.45) is 0 Å². The molecule has 1 fully saturated rings. The van der Waals surface area contributed by atoms with Gasteiger partial charge in [-0.05, 0) is 29.7 Å². The summed E-state index contributed by atoms with van der Waals surface area (Å²) < 4.78 is 9.33. The Kier molecular flexibility index (Phi) is 6.53. The number of rotatable bonds is 5. The Labute approximate surface area is 213 Å². The number of barbiturate groups is 1. The molecule has 13 nitrogen and oxygen atoms in total. The lowest BCUT2D eigenvalue weighted by Gasteiger charge is -2.30. The normalized spacial score (nSPS) is 14.3. The van der Waals surface area contributed by atoms with Crippen molar-refractivity contribution in [2.45, 2.75) is 5.60 Å². The van der Waals surface area contributed by atoms with Crippen LogP contribution in [0.25, 0.3) is 10.8 Å². The summed E-state index contributed by atoms with van der Waals surface area (Å²) in [7, 11) is 2.24. The minimum Gasteiger partial charge on any atom is -0.506 e. The molecule has 0 aliphatic carbocycles. The van der Waals surface area contributed by atoms with Gasteiger partial charge in [0.15, 0.2) is 0 Å². The van der Waals surface area contributed by atoms with Gasteiger partial charge < -0.3 is 25.0 Å². The number of benzene rings is 3. The molecule has 0 spiro atoms. The first-order valence-electron chi connectivity index (χ1n) is 10.8. The highest BCUT2D eigenvalue weighted by atomic mass is 16.5. The number of anilines is 1. The van der Waals surface area contributed by atoms with Gasteiger partial charge in [-0.25, -0.2) is 14.4 Å². The molecule has 0 atom stereocenters. The van der Waals surface area contributed by atoms with E-state index >= 15 is 0 Å². The lowest BCUT2D eigenvalue weighted by molar-refractivity contribution is -0.155. The standard InChI is InChI=1S/C25H19N3O10/c1-37-20(31)11-7-12(21(32)38-2)9-13(8-11)26-19(30)16-10-17(14-5-3-4-6-15(14)18(16)29)25(36)22(33)27-24(35)28-23(25)34/h3-10,29,36H,1-2H3,(H,26,30)(H2,27,28,33,34,35). The summed E-state index contributed by atoms with van der Waals surface area (Å²) in [5.74, 6) is -5.90. The summed E-state index contributed by atoms with van der Waals surface area (Å²) in [5.41, 5.74) is -4.05. The van der Waals surface area contributed by atoms with Crippen LogP contribution in [0, 0.1) is 0 Å². The van der Waals surface area contributed by atoms with Gasteiger partial charge in [-0.15, -0.1) is 0 Å². The highest BCUT2D eigenvalue weighted by Gasteiger charge is 2.51. The van der Waals surface area contributed by atoms with Crippen molar-refractivity contribution < 1.29 is 48.5 Å². The summed E-state index contributed by atoms with van der Waals surface area (Å²) >= 11 is 0. The van der Waals surface area contributed by atoms with Crippen LogP contribution in [0.4, 0.5) is 10.5 Å². The monoisotopic (exact) mass is 521 g/mol. The predicted molar refractivity (Wildman–Crippen MR) is 128 cm³/mol. The number of amides is 5. The molecule has 3 aromatic carbocycles. The van der Waals surface area contributed by atoms with E-state index in [-0.39, 0.29) is 27.6 Å². The van der Waals surface area contributed by atoms with Crippen LogP contribution in [0.5, 0.6) is 5.75 Å². The Morgan fingerprint density at radius 2 is 1.37 bits per heavy atom. The number of hydrogen-bond acceptors (Lipinski definition) is 10. The van der Waals surface area contributed by atoms with E-state index in [1.54, 1.807) is 10.6 Å². The van der Waals surface area contributed by atoms with Crippen molar-refractivity contribution in [3.63, 3.8) is 0 Å². The molecule has 5 amide bonds. The molecule has 0 unspecified atom stereocenters. The molecule has 5 N–H and O–H groups in total. The minimum absolute atomic E-state index is 0.000337. The molecule has 0 radical (unpaired) electrons. The van der Waals surface area contributed by atoms with Crippen molar-refractivity contribution in [1.29, 1.82) is 0 Å². The summed E-state index contributed by atoms with van der Waals surface area (Å²) in [6.45, 7) is 0. The zero-order valence-corrected chi connectivity index (χ0v) is 19.8. The molecule has 0 aromatic heterocycles. The number of aliphatic hydroxyl groups is 1. The Morgan fingerprint density at radius 1 is 0.842 bits per heavy atom. The molecule has 1 heterocycles. The lowest BCUT2D eigenvalue weighted by atomic mass is 9.85. The van der Waals surface area contributed by atoms with Crippen molar-refractivity contribution >= 4 is 52.2 Å². The number of methoxy groups -OCH3 is 2. The summed E-state index contributed by atoms with van der Waals surface area (Å²) in [5, 5.41) is 28.1. The average Bonchev–Trinajstić information content (AvgIpc) is 2.90. The molecule has 4 rings (SSSR count). The van der Waals surface area contributed by atoms with Crippen LogP contribution in [-0.4, -0.2) is 60.1 Å². The number of carbonyl (C=O) groups excluding carboxylic acids is 6. The van der Waals surface area contributed by atoms with E-state index in [0.717, 1.165) is 20.3 Å². The second-order valence-electron chi connectivity index (χ2n) is 8.05. The van der Waals surface area contributed by atoms with Gasteiger partial charge >= 0.3 is 18.0 Å². The number of urea groups is 1. The molecule has 194 valence electrons. The number of fused-ring (bicyclic) bond motifs is 1. The second-order valence-corrected chi connectivity index (χ2v) is 8.05. The van der Waals surface area contributed by atoms with Crippen LogP contribution in [0.1, 0.15) is 36.6 Å². The van der Waals surface area contributed by atoms with Crippen LogP contribution in [-0.2, 0) is 24.7 Å². The Hall–Kier alpha value is -5.30. The van der Waals surface area contributed by atoms with Crippen LogP contribution >= 0.6 is 0 Å². The average molecular weight is 521 g/mol. The van der Waals surface area contributed by atoms with Crippen molar-refractivity contribution in [2.75, 3.05) is 19.5 Å². The van der Waals surface area contributed by atoms with Crippen LogP contribution in [0.15, 0.2) is 48.5 Å². The van der Waals surface area contributed by atoms with E-state index in [1.165, 1.54) is 42.5 Å². The van der Waals surface area contributed by atoms with Crippen molar-refractivity contribution in [1.82, 2.24) is 10.6 Å². The number of phenols is 1. The van der Waals surface area contributed by atoms with Crippen molar-refractivity contribution in [3.05, 3.63) is 70.8 Å². The van der Waals surface area contributed by atoms with Crippen LogP contribution < -0.4 is 16.0 Å². The summed E-state index contributed by atoms with van der Waals surface area (Å²) in [4.78, 5) is 74.2. The largest absolute Gasteiger partial charge is 0.506 e. The van der Waals surface area contributed by atoms with E-state index in [4.69, 9.17) is 0 Å². The van der Waals surface area contributed by atoms with Gasteiger partial charge in [-0.3, -0.25) is 25.0 Å². The van der Waals surface area contributed by atoms with Crippen LogP contribution in [0.2, 0.25) is 0 Å². The number of imide groups is 2. The number of phenolic OH excluding ortho intramolecular Hbond substituents is 1. The zero-order chi connectivity index (χ0) is 27.8. The maximum absolute atomic E-state index is 13.3. The molecular formula is C25H19N3O10. The Bertz CT molecular complexity index is 1510. The van der Waals surface area contributed by atoms with Gasteiger partial charge in [0.2, 0.25) is 5.60 Å². The van der Waals surface area contributed by atoms with E-state index in [9.17, 15) is 39.0 Å². The summed E-state index contributed by atoms with van der Waals surface area (Å²) in [6, 6.07) is 9.16. The lowest BCUT2D eigenvalue weighted by Crippen LogP contribution is -2.64. The number of esters is 2. The fourth-order valence-corrected chi connectivity index (χ4v) is 3.97. The van der Waals surface area contributed by atoms with Gasteiger partial charge in [0.25, 0.3) is 17.7 Å².